The van der Waals surface area contributed by atoms with Gasteiger partial charge in [-0.25, -0.2) is 0 Å². The molecule has 0 aliphatic carbocycles. The first-order valence-electron chi connectivity index (χ1n) is 9.44. The average Bonchev–Trinajstić information content (AvgIpc) is 2.51. The van der Waals surface area contributed by atoms with Crippen LogP contribution in [0.25, 0.3) is 0 Å². The van der Waals surface area contributed by atoms with Gasteiger partial charge in [0.25, 0.3) is 0 Å². The highest BCUT2D eigenvalue weighted by atomic mass is 31.1. The number of ether oxygens (including phenoxy) is 1. The largest absolute Gasteiger partial charge is 0.453 e. The van der Waals surface area contributed by atoms with Gasteiger partial charge in [-0.1, -0.05) is 35.4 Å². The minimum Gasteiger partial charge on any atom is -0.453 e. The summed E-state index contributed by atoms with van der Waals surface area (Å²) in [5, 5.41) is 0. The normalized spacial score (nSPS) is 12.7. The number of carbonyl (C=O) groups is 3. The first-order valence-corrected chi connectivity index (χ1v) is 11.6. The van der Waals surface area contributed by atoms with E-state index in [1.807, 2.05) is 65.8 Å². The quantitative estimate of drug-likeness (QED) is 0.416. The van der Waals surface area contributed by atoms with Crippen LogP contribution in [0.5, 0.6) is 0 Å². The Bertz CT molecular complexity index is 861. The number of rotatable bonds is 7. The second-order valence-electron chi connectivity index (χ2n) is 7.48. The molecule has 4 nitrogen and oxygen atoms in total. The van der Waals surface area contributed by atoms with Crippen molar-refractivity contribution in [3.05, 3.63) is 68.8 Å². The molecule has 2 aromatic rings. The maximum absolute atomic E-state index is 13.0. The highest BCUT2D eigenvalue weighted by molar-refractivity contribution is 7.75. The van der Waals surface area contributed by atoms with Gasteiger partial charge >= 0.3 is 5.97 Å². The van der Waals surface area contributed by atoms with Crippen LogP contribution in [0.2, 0.25) is 0 Å². The van der Waals surface area contributed by atoms with Crippen LogP contribution in [0.15, 0.2) is 24.3 Å². The lowest BCUT2D eigenvalue weighted by Gasteiger charge is -2.19. The molecule has 0 amide bonds. The van der Waals surface area contributed by atoms with Gasteiger partial charge < -0.3 is 4.74 Å². The summed E-state index contributed by atoms with van der Waals surface area (Å²) in [6.07, 6.45) is 0. The Labute approximate surface area is 176 Å². The lowest BCUT2D eigenvalue weighted by molar-refractivity contribution is -0.139. The SMILES string of the molecule is CC(=O)OC(PC(=O)c1c(C)cc(C)cc1C)PC(=O)c1c(C)cc(C)cc1C. The summed E-state index contributed by atoms with van der Waals surface area (Å²) >= 11 is 0. The summed E-state index contributed by atoms with van der Waals surface area (Å²) in [4.78, 5) is 37.6. The minimum atomic E-state index is -0.729. The van der Waals surface area contributed by atoms with E-state index in [-0.39, 0.29) is 28.2 Å². The van der Waals surface area contributed by atoms with Crippen LogP contribution in [0.3, 0.4) is 0 Å². The lowest BCUT2D eigenvalue weighted by Crippen LogP contribution is -2.13. The van der Waals surface area contributed by atoms with Crippen molar-refractivity contribution < 1.29 is 19.1 Å². The highest BCUT2D eigenvalue weighted by Gasteiger charge is 2.25. The van der Waals surface area contributed by atoms with E-state index in [9.17, 15) is 14.4 Å². The zero-order valence-corrected chi connectivity index (χ0v) is 20.0. The Morgan fingerprint density at radius 1 is 0.690 bits per heavy atom. The predicted octanol–water partition coefficient (Wildman–Crippen LogP) is 5.72. The van der Waals surface area contributed by atoms with Crippen LogP contribution in [0.4, 0.5) is 0 Å². The summed E-state index contributed by atoms with van der Waals surface area (Å²) in [5.74, 6) is -0.481. The van der Waals surface area contributed by atoms with E-state index in [2.05, 4.69) is 0 Å². The number of hydrogen-bond donors (Lipinski definition) is 0. The second kappa shape index (κ2) is 9.74. The van der Waals surface area contributed by atoms with Gasteiger partial charge in [-0.15, -0.1) is 0 Å². The summed E-state index contributed by atoms with van der Waals surface area (Å²) in [7, 11) is -0.609. The maximum Gasteiger partial charge on any atom is 0.303 e. The fraction of sp³-hybridized carbons (Fsp3) is 0.348. The molecule has 0 bridgehead atoms. The van der Waals surface area contributed by atoms with Gasteiger partial charge in [-0.2, -0.15) is 0 Å². The fourth-order valence-corrected chi connectivity index (χ4v) is 6.80. The fourth-order valence-electron chi connectivity index (χ4n) is 3.72. The average molecular weight is 430 g/mol. The maximum atomic E-state index is 13.0. The molecule has 2 unspecified atom stereocenters. The monoisotopic (exact) mass is 430 g/mol. The first kappa shape index (κ1) is 23.4. The van der Waals surface area contributed by atoms with Crippen LogP contribution >= 0.6 is 17.2 Å². The third kappa shape index (κ3) is 6.04. The number of aryl methyl sites for hydroxylation is 6. The molecule has 0 spiro atoms. The zero-order valence-electron chi connectivity index (χ0n) is 18.0. The van der Waals surface area contributed by atoms with Gasteiger partial charge in [0.05, 0.1) is 0 Å². The van der Waals surface area contributed by atoms with Crippen molar-refractivity contribution in [1.29, 1.82) is 0 Å². The molecular formula is C23H28O4P2. The van der Waals surface area contributed by atoms with Crippen molar-refractivity contribution >= 4 is 34.2 Å². The summed E-state index contributed by atoms with van der Waals surface area (Å²) in [6.45, 7) is 12.9. The van der Waals surface area contributed by atoms with Gasteiger partial charge in [0.15, 0.2) is 11.0 Å². The van der Waals surface area contributed by atoms with E-state index in [1.165, 1.54) is 6.92 Å². The molecule has 0 saturated heterocycles. The van der Waals surface area contributed by atoms with Crippen molar-refractivity contribution in [2.45, 2.75) is 54.1 Å². The molecule has 0 aliphatic heterocycles. The van der Waals surface area contributed by atoms with Gasteiger partial charge in [0, 0.05) is 35.2 Å². The molecule has 0 saturated carbocycles. The molecule has 2 atom stereocenters. The number of esters is 1. The van der Waals surface area contributed by atoms with Crippen LogP contribution < -0.4 is 0 Å². The molecule has 0 fully saturated rings. The number of benzene rings is 2. The van der Waals surface area contributed by atoms with Crippen LogP contribution in [0, 0.1) is 41.5 Å². The van der Waals surface area contributed by atoms with Crippen molar-refractivity contribution in [2.75, 3.05) is 0 Å². The Hall–Kier alpha value is -1.89. The van der Waals surface area contributed by atoms with E-state index >= 15 is 0 Å². The highest BCUT2D eigenvalue weighted by Crippen LogP contribution is 2.41. The first-order chi connectivity index (χ1) is 13.5. The third-order valence-electron chi connectivity index (χ3n) is 4.62. The smallest absolute Gasteiger partial charge is 0.303 e. The molecule has 0 heterocycles. The topological polar surface area (TPSA) is 60.4 Å². The molecule has 0 aromatic heterocycles. The van der Waals surface area contributed by atoms with Crippen molar-refractivity contribution in [3.8, 4) is 0 Å². The van der Waals surface area contributed by atoms with Crippen LogP contribution in [0.1, 0.15) is 61.0 Å². The summed E-state index contributed by atoms with van der Waals surface area (Å²) in [6, 6.07) is 7.88. The standard InChI is InChI=1S/C23H28O4P2/c1-12-8-14(3)19(15(4)9-12)21(25)28-23(27-18(7)24)29-22(26)20-16(5)10-13(2)11-17(20)6/h8-11,23,28-29H,1-7H3. The van der Waals surface area contributed by atoms with Crippen molar-refractivity contribution in [3.63, 3.8) is 0 Å². The van der Waals surface area contributed by atoms with Gasteiger partial charge in [-0.3, -0.25) is 14.4 Å². The van der Waals surface area contributed by atoms with Crippen LogP contribution in [-0.2, 0) is 9.53 Å². The Morgan fingerprint density at radius 2 is 1.00 bits per heavy atom. The molecule has 2 rings (SSSR count). The summed E-state index contributed by atoms with van der Waals surface area (Å²) < 4.78 is 5.39. The predicted molar refractivity (Wildman–Crippen MR) is 122 cm³/mol. The summed E-state index contributed by atoms with van der Waals surface area (Å²) in [5.41, 5.74) is 6.24. The van der Waals surface area contributed by atoms with E-state index < -0.39 is 11.6 Å². The van der Waals surface area contributed by atoms with Gasteiger partial charge in [0.1, 0.15) is 5.59 Å². The van der Waals surface area contributed by atoms with E-state index in [0.29, 0.717) is 11.1 Å². The molecular weight excluding hydrogens is 402 g/mol. The van der Waals surface area contributed by atoms with Crippen molar-refractivity contribution in [2.24, 2.45) is 0 Å². The molecule has 0 aliphatic rings. The molecule has 29 heavy (non-hydrogen) atoms. The van der Waals surface area contributed by atoms with Gasteiger partial charge in [-0.05, 0) is 63.8 Å². The van der Waals surface area contributed by atoms with E-state index in [4.69, 9.17) is 4.74 Å². The molecule has 0 radical (unpaired) electrons. The minimum absolute atomic E-state index is 0.0797. The lowest BCUT2D eigenvalue weighted by atomic mass is 10.0. The zero-order chi connectivity index (χ0) is 21.9. The molecule has 154 valence electrons. The van der Waals surface area contributed by atoms with Gasteiger partial charge in [0.2, 0.25) is 0 Å². The second-order valence-corrected chi connectivity index (χ2v) is 10.6. The molecule has 2 aromatic carbocycles. The molecule has 0 N–H and O–H groups in total. The third-order valence-corrected chi connectivity index (χ3v) is 7.27. The molecule has 6 heteroatoms. The van der Waals surface area contributed by atoms with Crippen LogP contribution in [-0.4, -0.2) is 22.6 Å². The Kier molecular flexibility index (Phi) is 7.86. The number of carbonyl (C=O) groups excluding carboxylic acids is 3. The Balaban J connectivity index is 2.28. The van der Waals surface area contributed by atoms with Crippen molar-refractivity contribution in [1.82, 2.24) is 0 Å². The van der Waals surface area contributed by atoms with E-state index in [1.54, 1.807) is 0 Å². The Morgan fingerprint density at radius 3 is 1.28 bits per heavy atom. The number of hydrogen-bond acceptors (Lipinski definition) is 4. The van der Waals surface area contributed by atoms with E-state index in [0.717, 1.165) is 33.4 Å².